The maximum absolute atomic E-state index is 3.77. The molecule has 0 unspecified atom stereocenters. The van der Waals surface area contributed by atoms with Gasteiger partial charge in [-0.25, -0.2) is 0 Å². The van der Waals surface area contributed by atoms with E-state index < -0.39 is 0 Å². The molecule has 2 nitrogen and oxygen atoms in total. The van der Waals surface area contributed by atoms with Crippen LogP contribution >= 0.6 is 0 Å². The van der Waals surface area contributed by atoms with Gasteiger partial charge in [-0.3, -0.25) is 0 Å². The Balaban J connectivity index is -0.000000187. The molecule has 0 fully saturated rings. The van der Waals surface area contributed by atoms with Crippen molar-refractivity contribution in [1.29, 1.82) is 0 Å². The summed E-state index contributed by atoms with van der Waals surface area (Å²) in [5, 5.41) is 0. The van der Waals surface area contributed by atoms with Crippen LogP contribution in [0.5, 0.6) is 0 Å². The van der Waals surface area contributed by atoms with Crippen LogP contribution in [0.25, 0.3) is 0 Å². The van der Waals surface area contributed by atoms with Crippen molar-refractivity contribution in [2.24, 2.45) is 0 Å². The first-order chi connectivity index (χ1) is 6.45. The van der Waals surface area contributed by atoms with Crippen LogP contribution in [-0.4, -0.2) is 50.1 Å². The second-order valence-electron chi connectivity index (χ2n) is 4.08. The van der Waals surface area contributed by atoms with Crippen LogP contribution in [0.3, 0.4) is 0 Å². The molecule has 0 aromatic heterocycles. The van der Waals surface area contributed by atoms with Crippen molar-refractivity contribution in [2.75, 3.05) is 34.2 Å². The van der Waals surface area contributed by atoms with E-state index >= 15 is 0 Å². The van der Waals surface area contributed by atoms with E-state index in [1.807, 2.05) is 14.1 Å². The molecule has 0 saturated carbocycles. The normalized spacial score (nSPS) is 10.0. The summed E-state index contributed by atoms with van der Waals surface area (Å²) < 4.78 is 0. The molecule has 0 amide bonds. The van der Waals surface area contributed by atoms with E-state index in [0.717, 1.165) is 25.9 Å². The van der Waals surface area contributed by atoms with Crippen molar-refractivity contribution in [2.45, 2.75) is 32.7 Å². The Kier molecular flexibility index (Phi) is 20.3. The number of hydrogen-bond acceptors (Lipinski definition) is 2. The van der Waals surface area contributed by atoms with E-state index in [-0.39, 0.29) is 19.5 Å². The molecule has 0 bridgehead atoms. The van der Waals surface area contributed by atoms with Crippen LogP contribution in [0.15, 0.2) is 0 Å². The zero-order chi connectivity index (χ0) is 11.6. The number of nitrogens with zero attached hydrogens (tertiary/aromatic N) is 2. The Labute approximate surface area is 110 Å². The summed E-state index contributed by atoms with van der Waals surface area (Å²) in [7, 11) is 6.21. The van der Waals surface area contributed by atoms with Gasteiger partial charge >= 0.3 is 19.5 Å². The molecule has 0 N–H and O–H groups in total. The Morgan fingerprint density at radius 3 is 1.40 bits per heavy atom. The Morgan fingerprint density at radius 2 is 1.33 bits per heavy atom. The fourth-order valence-electron chi connectivity index (χ4n) is 0.824. The van der Waals surface area contributed by atoms with E-state index in [2.05, 4.69) is 44.5 Å². The van der Waals surface area contributed by atoms with E-state index in [4.69, 9.17) is 0 Å². The Bertz CT molecular complexity index is 106. The molecule has 0 heterocycles. The molecule has 0 radical (unpaired) electrons. The summed E-state index contributed by atoms with van der Waals surface area (Å²) in [6, 6.07) is 0.664. The molecule has 0 atom stereocenters. The second kappa shape index (κ2) is 14.5. The van der Waals surface area contributed by atoms with Gasteiger partial charge in [0, 0.05) is 6.04 Å². The number of rotatable bonds is 5. The largest absolute Gasteiger partial charge is 2.00 e. The molecule has 3 heteroatoms. The fourth-order valence-corrected chi connectivity index (χ4v) is 0.824. The zero-order valence-electron chi connectivity index (χ0n) is 11.4. The van der Waals surface area contributed by atoms with Gasteiger partial charge in [0.1, 0.15) is 0 Å². The molecule has 15 heavy (non-hydrogen) atoms. The predicted molar refractivity (Wildman–Crippen MR) is 66.3 cm³/mol. The molecule has 0 saturated heterocycles. The van der Waals surface area contributed by atoms with Crippen molar-refractivity contribution in [3.8, 4) is 0 Å². The number of hydrogen-bond donors (Lipinski definition) is 0. The molecule has 0 aliphatic heterocycles. The zero-order valence-corrected chi connectivity index (χ0v) is 14.4. The molecule has 0 rings (SSSR count). The SMILES string of the molecule is [CH2-]CCN(C)C.[CH2-]CCN(C)C(C)C.[Zn+2]. The minimum atomic E-state index is 0. The third kappa shape index (κ3) is 20.6. The van der Waals surface area contributed by atoms with Gasteiger partial charge in [0.15, 0.2) is 0 Å². The topological polar surface area (TPSA) is 6.48 Å². The van der Waals surface area contributed by atoms with Crippen LogP contribution in [0.4, 0.5) is 0 Å². The van der Waals surface area contributed by atoms with E-state index in [9.17, 15) is 0 Å². The first-order valence-corrected chi connectivity index (χ1v) is 5.39. The van der Waals surface area contributed by atoms with E-state index in [1.54, 1.807) is 0 Å². The first-order valence-electron chi connectivity index (χ1n) is 5.39. The fraction of sp³-hybridized carbons (Fsp3) is 0.833. The third-order valence-electron chi connectivity index (χ3n) is 2.00. The van der Waals surface area contributed by atoms with Crippen molar-refractivity contribution < 1.29 is 19.5 Å². The van der Waals surface area contributed by atoms with Crippen LogP contribution in [-0.2, 0) is 19.5 Å². The molecule has 88 valence electrons. The van der Waals surface area contributed by atoms with Crippen molar-refractivity contribution in [1.82, 2.24) is 9.80 Å². The van der Waals surface area contributed by atoms with Gasteiger partial charge in [-0.15, -0.1) is 0 Å². The van der Waals surface area contributed by atoms with E-state index in [1.165, 1.54) is 0 Å². The monoisotopic (exact) mass is 264 g/mol. The smallest absolute Gasteiger partial charge is 0.342 e. The summed E-state index contributed by atoms with van der Waals surface area (Å²) in [4.78, 5) is 4.40. The average Bonchev–Trinajstić information content (AvgIpc) is 2.05. The molecule has 0 aliphatic carbocycles. The molecular weight excluding hydrogens is 238 g/mol. The summed E-state index contributed by atoms with van der Waals surface area (Å²) in [6.45, 7) is 14.0. The van der Waals surface area contributed by atoms with Crippen LogP contribution in [0.1, 0.15) is 26.7 Å². The third-order valence-corrected chi connectivity index (χ3v) is 2.00. The molecule has 0 spiro atoms. The minimum Gasteiger partial charge on any atom is -0.342 e. The van der Waals surface area contributed by atoms with Crippen molar-refractivity contribution in [3.63, 3.8) is 0 Å². The quantitative estimate of drug-likeness (QED) is 0.556. The van der Waals surface area contributed by atoms with Gasteiger partial charge in [0.25, 0.3) is 0 Å². The summed E-state index contributed by atoms with van der Waals surface area (Å²) in [5.41, 5.74) is 0. The molecule has 0 aliphatic rings. The Morgan fingerprint density at radius 1 is 0.933 bits per heavy atom. The van der Waals surface area contributed by atoms with Gasteiger partial charge in [0.05, 0.1) is 0 Å². The summed E-state index contributed by atoms with van der Waals surface area (Å²) in [6.07, 6.45) is 2.02. The molecule has 0 aromatic rings. The van der Waals surface area contributed by atoms with Gasteiger partial charge in [-0.05, 0) is 48.1 Å². The van der Waals surface area contributed by atoms with Crippen molar-refractivity contribution in [3.05, 3.63) is 13.8 Å². The summed E-state index contributed by atoms with van der Waals surface area (Å²) in [5.74, 6) is 0. The second-order valence-corrected chi connectivity index (χ2v) is 4.08. The van der Waals surface area contributed by atoms with Gasteiger partial charge in [-0.1, -0.05) is 0 Å². The predicted octanol–water partition coefficient (Wildman–Crippen LogP) is 2.32. The van der Waals surface area contributed by atoms with Gasteiger partial charge in [0.2, 0.25) is 0 Å². The van der Waals surface area contributed by atoms with Crippen LogP contribution in [0.2, 0.25) is 0 Å². The molecular formula is C12H28N2Zn. The van der Waals surface area contributed by atoms with Crippen LogP contribution in [0, 0.1) is 13.8 Å². The standard InChI is InChI=1S/C7H16N.C5H12N.Zn/c1-5-6-8(4)7(2)3;1-4-5-6(2)3;/h7H,1,5-6H2,2-4H3;1,4-5H2,2-3H3;/q2*-1;+2. The Hall–Kier alpha value is 0.543. The summed E-state index contributed by atoms with van der Waals surface area (Å²) >= 11 is 0. The maximum atomic E-state index is 3.77. The minimum absolute atomic E-state index is 0. The van der Waals surface area contributed by atoms with Gasteiger partial charge in [-0.2, -0.15) is 12.8 Å². The maximum Gasteiger partial charge on any atom is 2.00 e. The van der Waals surface area contributed by atoms with E-state index in [0.29, 0.717) is 6.04 Å². The average molecular weight is 266 g/mol. The van der Waals surface area contributed by atoms with Crippen molar-refractivity contribution >= 4 is 0 Å². The van der Waals surface area contributed by atoms with Crippen LogP contribution < -0.4 is 0 Å². The van der Waals surface area contributed by atoms with Gasteiger partial charge < -0.3 is 23.6 Å². The molecule has 0 aromatic carbocycles. The first kappa shape index (κ1) is 20.9.